The maximum atomic E-state index is 12.1. The molecule has 170 valence electrons. The Morgan fingerprint density at radius 3 is 2.61 bits per heavy atom. The van der Waals surface area contributed by atoms with Crippen LogP contribution in [0.1, 0.15) is 42.8 Å². The third kappa shape index (κ3) is 7.76. The lowest BCUT2D eigenvalue weighted by atomic mass is 10.0. The van der Waals surface area contributed by atoms with Crippen molar-refractivity contribution in [1.29, 1.82) is 0 Å². The number of benzene rings is 1. The number of fused-ring (bicyclic) bond motifs is 1. The number of rotatable bonds is 6. The SMILES string of the molecule is CN=C(NCC(=O)NC(C)(C)C)NCC(c1ccccc1)N1CCc2sccc2C1.I. The predicted octanol–water partition coefficient (Wildman–Crippen LogP) is 3.55. The summed E-state index contributed by atoms with van der Waals surface area (Å²) in [6.45, 7) is 8.81. The zero-order valence-electron chi connectivity index (χ0n) is 18.8. The van der Waals surface area contributed by atoms with Gasteiger partial charge in [-0.3, -0.25) is 14.7 Å². The highest BCUT2D eigenvalue weighted by atomic mass is 127. The number of aliphatic imine (C=N–C) groups is 1. The highest BCUT2D eigenvalue weighted by Gasteiger charge is 2.25. The van der Waals surface area contributed by atoms with Gasteiger partial charge < -0.3 is 16.0 Å². The van der Waals surface area contributed by atoms with Crippen LogP contribution in [0.25, 0.3) is 0 Å². The van der Waals surface area contributed by atoms with E-state index < -0.39 is 0 Å². The first-order valence-electron chi connectivity index (χ1n) is 10.5. The van der Waals surface area contributed by atoms with Crippen LogP contribution >= 0.6 is 35.3 Å². The number of guanidine groups is 1. The minimum atomic E-state index is -0.247. The van der Waals surface area contributed by atoms with E-state index in [0.717, 1.165) is 19.5 Å². The second-order valence-corrected chi connectivity index (χ2v) is 9.62. The first-order valence-corrected chi connectivity index (χ1v) is 11.3. The molecule has 0 spiro atoms. The van der Waals surface area contributed by atoms with E-state index in [0.29, 0.717) is 12.5 Å². The molecule has 6 nitrogen and oxygen atoms in total. The van der Waals surface area contributed by atoms with Gasteiger partial charge in [-0.2, -0.15) is 0 Å². The Hall–Kier alpha value is -1.65. The molecule has 2 heterocycles. The molecule has 0 saturated heterocycles. The maximum Gasteiger partial charge on any atom is 0.239 e. The first-order chi connectivity index (χ1) is 14.4. The molecule has 0 fully saturated rings. The van der Waals surface area contributed by atoms with Gasteiger partial charge in [-0.1, -0.05) is 30.3 Å². The highest BCUT2D eigenvalue weighted by molar-refractivity contribution is 14.0. The lowest BCUT2D eigenvalue weighted by Gasteiger charge is -2.35. The Morgan fingerprint density at radius 1 is 1.19 bits per heavy atom. The minimum Gasteiger partial charge on any atom is -0.354 e. The standard InChI is InChI=1S/C23H33N5OS.HI/c1-23(2,3)27-21(29)15-26-22(24-4)25-14-19(17-8-6-5-7-9-17)28-12-10-20-18(16-28)11-13-30-20;/h5-9,11,13,19H,10,12,14-16H2,1-4H3,(H,27,29)(H2,24,25,26);1H. The van der Waals surface area contributed by atoms with E-state index in [2.05, 4.69) is 67.6 Å². The lowest BCUT2D eigenvalue weighted by Crippen LogP contribution is -2.49. The molecule has 1 aliphatic rings. The van der Waals surface area contributed by atoms with Crippen molar-refractivity contribution in [3.63, 3.8) is 0 Å². The summed E-state index contributed by atoms with van der Waals surface area (Å²) in [5, 5.41) is 11.7. The largest absolute Gasteiger partial charge is 0.354 e. The van der Waals surface area contributed by atoms with Gasteiger partial charge >= 0.3 is 0 Å². The van der Waals surface area contributed by atoms with Gasteiger partial charge in [-0.25, -0.2) is 0 Å². The van der Waals surface area contributed by atoms with Gasteiger partial charge in [0.2, 0.25) is 5.91 Å². The summed E-state index contributed by atoms with van der Waals surface area (Å²) in [5.41, 5.74) is 2.47. The Morgan fingerprint density at radius 2 is 1.94 bits per heavy atom. The van der Waals surface area contributed by atoms with Crippen LogP contribution in [0, 0.1) is 0 Å². The zero-order valence-corrected chi connectivity index (χ0v) is 21.9. The average molecular weight is 556 g/mol. The van der Waals surface area contributed by atoms with Gasteiger partial charge in [0.05, 0.1) is 12.6 Å². The van der Waals surface area contributed by atoms with Gasteiger partial charge in [-0.05, 0) is 49.8 Å². The Kier molecular flexibility index (Phi) is 9.77. The molecule has 31 heavy (non-hydrogen) atoms. The fourth-order valence-electron chi connectivity index (χ4n) is 3.71. The van der Waals surface area contributed by atoms with E-state index in [4.69, 9.17) is 0 Å². The molecule has 1 aliphatic heterocycles. The summed E-state index contributed by atoms with van der Waals surface area (Å²) in [7, 11) is 1.73. The van der Waals surface area contributed by atoms with Crippen molar-refractivity contribution in [2.75, 3.05) is 26.7 Å². The van der Waals surface area contributed by atoms with E-state index in [9.17, 15) is 4.79 Å². The molecule has 3 rings (SSSR count). The van der Waals surface area contributed by atoms with Crippen molar-refractivity contribution in [2.24, 2.45) is 4.99 Å². The first kappa shape index (κ1) is 25.6. The monoisotopic (exact) mass is 555 g/mol. The summed E-state index contributed by atoms with van der Waals surface area (Å²) in [6.07, 6.45) is 1.09. The number of carbonyl (C=O) groups excluding carboxylic acids is 1. The molecule has 1 aromatic heterocycles. The third-order valence-corrected chi connectivity index (χ3v) is 6.10. The van der Waals surface area contributed by atoms with Crippen LogP contribution in [0.5, 0.6) is 0 Å². The molecule has 1 amide bonds. The van der Waals surface area contributed by atoms with Crippen LogP contribution < -0.4 is 16.0 Å². The topological polar surface area (TPSA) is 68.8 Å². The number of hydrogen-bond acceptors (Lipinski definition) is 4. The Balaban J connectivity index is 0.00000341. The van der Waals surface area contributed by atoms with Gasteiger partial charge in [0.15, 0.2) is 5.96 Å². The zero-order chi connectivity index (χ0) is 21.6. The van der Waals surface area contributed by atoms with Crippen LogP contribution in [-0.4, -0.2) is 49.0 Å². The number of amides is 1. The molecule has 0 aliphatic carbocycles. The molecule has 0 bridgehead atoms. The highest BCUT2D eigenvalue weighted by Crippen LogP contribution is 2.30. The second-order valence-electron chi connectivity index (χ2n) is 8.62. The average Bonchev–Trinajstić information content (AvgIpc) is 3.18. The Labute approximate surface area is 206 Å². The molecular formula is C23H34IN5OS. The van der Waals surface area contributed by atoms with Crippen molar-refractivity contribution in [2.45, 2.75) is 45.3 Å². The summed E-state index contributed by atoms with van der Waals surface area (Å²) in [6, 6.07) is 13.1. The summed E-state index contributed by atoms with van der Waals surface area (Å²) >= 11 is 1.86. The van der Waals surface area contributed by atoms with E-state index in [1.807, 2.05) is 32.1 Å². The lowest BCUT2D eigenvalue weighted by molar-refractivity contribution is -0.121. The van der Waals surface area contributed by atoms with Crippen LogP contribution in [0.4, 0.5) is 0 Å². The number of halogens is 1. The van der Waals surface area contributed by atoms with E-state index >= 15 is 0 Å². The summed E-state index contributed by atoms with van der Waals surface area (Å²) in [5.74, 6) is 0.583. The normalized spacial score (nSPS) is 15.4. The van der Waals surface area contributed by atoms with Crippen molar-refractivity contribution >= 4 is 47.2 Å². The summed E-state index contributed by atoms with van der Waals surface area (Å²) in [4.78, 5) is 20.4. The predicted molar refractivity (Wildman–Crippen MR) is 140 cm³/mol. The number of nitrogens with zero attached hydrogens (tertiary/aromatic N) is 2. The molecule has 8 heteroatoms. The van der Waals surface area contributed by atoms with Gasteiger partial charge in [0.1, 0.15) is 0 Å². The van der Waals surface area contributed by atoms with E-state index in [1.165, 1.54) is 16.0 Å². The van der Waals surface area contributed by atoms with Gasteiger partial charge in [0.25, 0.3) is 0 Å². The molecule has 0 saturated carbocycles. The van der Waals surface area contributed by atoms with Gasteiger partial charge in [-0.15, -0.1) is 35.3 Å². The van der Waals surface area contributed by atoms with Crippen LogP contribution in [0.2, 0.25) is 0 Å². The van der Waals surface area contributed by atoms with Crippen molar-refractivity contribution in [3.8, 4) is 0 Å². The fraction of sp³-hybridized carbons (Fsp3) is 0.478. The smallest absolute Gasteiger partial charge is 0.239 e. The van der Waals surface area contributed by atoms with Crippen molar-refractivity contribution in [1.82, 2.24) is 20.9 Å². The van der Waals surface area contributed by atoms with Crippen LogP contribution in [-0.2, 0) is 17.8 Å². The third-order valence-electron chi connectivity index (χ3n) is 5.08. The number of nitrogens with one attached hydrogen (secondary N) is 3. The number of thiophene rings is 1. The molecule has 1 aromatic carbocycles. The quantitative estimate of drug-likeness (QED) is 0.290. The molecular weight excluding hydrogens is 521 g/mol. The van der Waals surface area contributed by atoms with E-state index in [-0.39, 0.29) is 48.0 Å². The van der Waals surface area contributed by atoms with E-state index in [1.54, 1.807) is 7.05 Å². The number of carbonyl (C=O) groups is 1. The van der Waals surface area contributed by atoms with Crippen molar-refractivity contribution < 1.29 is 4.79 Å². The molecule has 1 atom stereocenters. The van der Waals surface area contributed by atoms with Crippen LogP contribution in [0.3, 0.4) is 0 Å². The molecule has 0 radical (unpaired) electrons. The minimum absolute atomic E-state index is 0. The van der Waals surface area contributed by atoms with Crippen LogP contribution in [0.15, 0.2) is 46.8 Å². The molecule has 2 aromatic rings. The fourth-order valence-corrected chi connectivity index (χ4v) is 4.60. The van der Waals surface area contributed by atoms with Crippen molar-refractivity contribution in [3.05, 3.63) is 57.8 Å². The maximum absolute atomic E-state index is 12.1. The summed E-state index contributed by atoms with van der Waals surface area (Å²) < 4.78 is 0. The second kappa shape index (κ2) is 11.8. The molecule has 3 N–H and O–H groups in total. The number of hydrogen-bond donors (Lipinski definition) is 3. The van der Waals surface area contributed by atoms with Gasteiger partial charge in [0, 0.05) is 37.1 Å². The molecule has 1 unspecified atom stereocenters. The Bertz CT molecular complexity index is 862.